The van der Waals surface area contributed by atoms with Crippen LogP contribution in [-0.2, 0) is 25.6 Å². The number of carbonyl (C=O) groups excluding carboxylic acids is 2. The largest absolute Gasteiger partial charge is 0.463 e. The Balaban J connectivity index is 1.58. The van der Waals surface area contributed by atoms with E-state index in [9.17, 15) is 9.59 Å². The first-order chi connectivity index (χ1) is 11.5. The topological polar surface area (TPSA) is 55.8 Å². The summed E-state index contributed by atoms with van der Waals surface area (Å²) >= 11 is 0. The Morgan fingerprint density at radius 2 is 2.12 bits per heavy atom. The van der Waals surface area contributed by atoms with Crippen LogP contribution in [0.2, 0.25) is 0 Å². The van der Waals surface area contributed by atoms with Crippen molar-refractivity contribution < 1.29 is 19.1 Å². The maximum atomic E-state index is 13.0. The van der Waals surface area contributed by atoms with Crippen LogP contribution in [0, 0.1) is 11.8 Å². The van der Waals surface area contributed by atoms with E-state index in [2.05, 4.69) is 0 Å². The highest BCUT2D eigenvalue weighted by Gasteiger charge is 2.67. The van der Waals surface area contributed by atoms with E-state index in [1.807, 2.05) is 56.3 Å². The molecule has 3 aliphatic rings. The number of esters is 1. The van der Waals surface area contributed by atoms with Crippen LogP contribution in [-0.4, -0.2) is 41.1 Å². The quantitative estimate of drug-likeness (QED) is 0.626. The number of benzene rings is 1. The van der Waals surface area contributed by atoms with Crippen LogP contribution in [0.25, 0.3) is 0 Å². The fourth-order valence-corrected chi connectivity index (χ4v) is 4.10. The van der Waals surface area contributed by atoms with Gasteiger partial charge in [-0.1, -0.05) is 42.5 Å². The number of fused-ring (bicyclic) bond motifs is 1. The molecule has 1 amide bonds. The van der Waals surface area contributed by atoms with Gasteiger partial charge in [0.25, 0.3) is 0 Å². The van der Waals surface area contributed by atoms with E-state index in [0.717, 1.165) is 5.56 Å². The molecule has 0 aliphatic carbocycles. The van der Waals surface area contributed by atoms with Gasteiger partial charge >= 0.3 is 5.97 Å². The molecule has 0 saturated carbocycles. The lowest BCUT2D eigenvalue weighted by atomic mass is 9.77. The van der Waals surface area contributed by atoms with Crippen molar-refractivity contribution >= 4 is 11.9 Å². The number of amides is 1. The lowest BCUT2D eigenvalue weighted by Gasteiger charge is -2.23. The second-order valence-corrected chi connectivity index (χ2v) is 7.07. The van der Waals surface area contributed by atoms with Crippen LogP contribution < -0.4 is 0 Å². The zero-order valence-electron chi connectivity index (χ0n) is 13.8. The lowest BCUT2D eigenvalue weighted by molar-refractivity contribution is -0.157. The lowest BCUT2D eigenvalue weighted by Crippen LogP contribution is -2.40. The minimum absolute atomic E-state index is 0.0172. The number of carbonyl (C=O) groups is 2. The monoisotopic (exact) mass is 327 g/mol. The summed E-state index contributed by atoms with van der Waals surface area (Å²) in [5.41, 5.74) is 0.402. The van der Waals surface area contributed by atoms with Crippen molar-refractivity contribution in [3.8, 4) is 0 Å². The SMILES string of the molecule is CC(C)OC(=O)[C@H]1[C@H]2C=C[C@@]3(CN(Cc4ccccc4)C(=O)[C@@H]13)O2. The maximum absolute atomic E-state index is 13.0. The van der Waals surface area contributed by atoms with E-state index in [1.165, 1.54) is 0 Å². The Morgan fingerprint density at radius 1 is 1.38 bits per heavy atom. The summed E-state index contributed by atoms with van der Waals surface area (Å²) in [7, 11) is 0. The van der Waals surface area contributed by atoms with Gasteiger partial charge in [0.15, 0.2) is 0 Å². The highest BCUT2D eigenvalue weighted by atomic mass is 16.6. The first-order valence-electron chi connectivity index (χ1n) is 8.40. The smallest absolute Gasteiger partial charge is 0.313 e. The molecule has 126 valence electrons. The van der Waals surface area contributed by atoms with E-state index in [0.29, 0.717) is 13.1 Å². The van der Waals surface area contributed by atoms with Gasteiger partial charge in [0.05, 0.1) is 24.7 Å². The first-order valence-corrected chi connectivity index (χ1v) is 8.40. The van der Waals surface area contributed by atoms with Crippen LogP contribution in [0.5, 0.6) is 0 Å². The second kappa shape index (κ2) is 5.45. The third kappa shape index (κ3) is 2.26. The summed E-state index contributed by atoms with van der Waals surface area (Å²) in [5, 5.41) is 0. The molecule has 1 aromatic carbocycles. The molecule has 0 unspecified atom stereocenters. The van der Waals surface area contributed by atoms with Crippen molar-refractivity contribution in [1.29, 1.82) is 0 Å². The zero-order valence-corrected chi connectivity index (χ0v) is 13.8. The van der Waals surface area contributed by atoms with Gasteiger partial charge < -0.3 is 14.4 Å². The summed E-state index contributed by atoms with van der Waals surface area (Å²) < 4.78 is 11.4. The molecule has 2 fully saturated rings. The summed E-state index contributed by atoms with van der Waals surface area (Å²) in [5.74, 6) is -1.36. The molecule has 5 heteroatoms. The number of hydrogen-bond acceptors (Lipinski definition) is 4. The Morgan fingerprint density at radius 3 is 2.83 bits per heavy atom. The molecular weight excluding hydrogens is 306 g/mol. The molecule has 24 heavy (non-hydrogen) atoms. The third-order valence-electron chi connectivity index (χ3n) is 5.02. The predicted molar refractivity (Wildman–Crippen MR) is 86.8 cm³/mol. The molecule has 2 bridgehead atoms. The molecule has 1 spiro atoms. The summed E-state index contributed by atoms with van der Waals surface area (Å²) in [6.45, 7) is 4.65. The standard InChI is InChI=1S/C19H21NO4/c1-12(2)23-18(22)15-14-8-9-19(24-14)11-20(17(21)16(15)19)10-13-6-4-3-5-7-13/h3-9,12,14-16H,10-11H2,1-2H3/t14-,15+,16-,19+/m1/s1. The van der Waals surface area contributed by atoms with E-state index < -0.39 is 17.4 Å². The Labute approximate surface area is 141 Å². The fourth-order valence-electron chi connectivity index (χ4n) is 4.10. The fraction of sp³-hybridized carbons (Fsp3) is 0.474. The van der Waals surface area contributed by atoms with Crippen LogP contribution >= 0.6 is 0 Å². The van der Waals surface area contributed by atoms with Gasteiger partial charge in [-0.2, -0.15) is 0 Å². The molecule has 5 nitrogen and oxygen atoms in total. The summed E-state index contributed by atoms with van der Waals surface area (Å²) in [6, 6.07) is 9.86. The second-order valence-electron chi connectivity index (χ2n) is 7.07. The molecule has 1 aromatic rings. The molecule has 4 rings (SSSR count). The van der Waals surface area contributed by atoms with E-state index in [4.69, 9.17) is 9.47 Å². The van der Waals surface area contributed by atoms with Gasteiger partial charge in [0.1, 0.15) is 11.5 Å². The summed E-state index contributed by atoms with van der Waals surface area (Å²) in [6.07, 6.45) is 3.32. The zero-order chi connectivity index (χ0) is 16.9. The van der Waals surface area contributed by atoms with Crippen molar-refractivity contribution in [1.82, 2.24) is 4.90 Å². The molecule has 4 atom stereocenters. The number of nitrogens with zero attached hydrogens (tertiary/aromatic N) is 1. The van der Waals surface area contributed by atoms with Crippen LogP contribution in [0.4, 0.5) is 0 Å². The van der Waals surface area contributed by atoms with Crippen molar-refractivity contribution in [2.75, 3.05) is 6.54 Å². The normalized spacial score (nSPS) is 33.4. The predicted octanol–water partition coefficient (Wildman–Crippen LogP) is 1.92. The van der Waals surface area contributed by atoms with Gasteiger partial charge in [-0.25, -0.2) is 0 Å². The van der Waals surface area contributed by atoms with E-state index >= 15 is 0 Å². The van der Waals surface area contributed by atoms with Gasteiger partial charge in [-0.05, 0) is 19.4 Å². The molecule has 3 aliphatic heterocycles. The van der Waals surface area contributed by atoms with Crippen LogP contribution in [0.15, 0.2) is 42.5 Å². The molecule has 2 saturated heterocycles. The maximum Gasteiger partial charge on any atom is 0.313 e. The average Bonchev–Trinajstić information content (AvgIpc) is 3.16. The minimum Gasteiger partial charge on any atom is -0.463 e. The van der Waals surface area contributed by atoms with Crippen molar-refractivity contribution in [2.24, 2.45) is 11.8 Å². The van der Waals surface area contributed by atoms with E-state index in [-0.39, 0.29) is 24.1 Å². The molecular formula is C19H21NO4. The van der Waals surface area contributed by atoms with Crippen molar-refractivity contribution in [2.45, 2.75) is 38.2 Å². The molecule has 3 heterocycles. The highest BCUT2D eigenvalue weighted by molar-refractivity contribution is 5.91. The van der Waals surface area contributed by atoms with E-state index in [1.54, 1.807) is 4.90 Å². The minimum atomic E-state index is -0.669. The van der Waals surface area contributed by atoms with Crippen LogP contribution in [0.3, 0.4) is 0 Å². The highest BCUT2D eigenvalue weighted by Crippen LogP contribution is 2.52. The van der Waals surface area contributed by atoms with Gasteiger partial charge in [-0.3, -0.25) is 9.59 Å². The molecule has 0 N–H and O–H groups in total. The molecule has 0 aromatic heterocycles. The summed E-state index contributed by atoms with van der Waals surface area (Å²) in [4.78, 5) is 27.3. The first kappa shape index (κ1) is 15.4. The Bertz CT molecular complexity index is 699. The van der Waals surface area contributed by atoms with Gasteiger partial charge in [0.2, 0.25) is 5.91 Å². The van der Waals surface area contributed by atoms with Gasteiger partial charge in [0, 0.05) is 6.54 Å². The number of ether oxygens (including phenoxy) is 2. The number of hydrogen-bond donors (Lipinski definition) is 0. The Hall–Kier alpha value is -2.14. The average molecular weight is 327 g/mol. The number of rotatable bonds is 4. The van der Waals surface area contributed by atoms with Crippen molar-refractivity contribution in [3.63, 3.8) is 0 Å². The van der Waals surface area contributed by atoms with Crippen molar-refractivity contribution in [3.05, 3.63) is 48.0 Å². The third-order valence-corrected chi connectivity index (χ3v) is 5.02. The van der Waals surface area contributed by atoms with Gasteiger partial charge in [-0.15, -0.1) is 0 Å². The van der Waals surface area contributed by atoms with Crippen LogP contribution in [0.1, 0.15) is 19.4 Å². The number of likely N-dealkylation sites (tertiary alicyclic amines) is 1. The molecule has 0 radical (unpaired) electrons. The Kier molecular flexibility index (Phi) is 3.49.